The quantitative estimate of drug-likeness (QED) is 0.163. The van der Waals surface area contributed by atoms with Gasteiger partial charge in [-0.25, -0.2) is 23.9 Å². The van der Waals surface area contributed by atoms with Gasteiger partial charge in [0.05, 0.1) is 19.4 Å². The summed E-state index contributed by atoms with van der Waals surface area (Å²) in [6, 6.07) is 0. The molecule has 4 aromatic heterocycles. The first kappa shape index (κ1) is 27.7. The van der Waals surface area contributed by atoms with Gasteiger partial charge in [0.15, 0.2) is 29.2 Å². The van der Waals surface area contributed by atoms with E-state index in [1.807, 2.05) is 0 Å². The maximum atomic E-state index is 15.8. The van der Waals surface area contributed by atoms with Gasteiger partial charge in [-0.1, -0.05) is 17.5 Å². The minimum Gasteiger partial charge on any atom is -0.369 e. The molecule has 0 spiro atoms. The average Bonchev–Trinajstić information content (AvgIpc) is 3.55. The third-order valence-electron chi connectivity index (χ3n) is 5.93. The molecule has 18 nitrogen and oxygen atoms in total. The number of hydrogen-bond donors (Lipinski definition) is 4. The molecule has 2 aliphatic heterocycles. The van der Waals surface area contributed by atoms with Crippen molar-refractivity contribution in [2.45, 2.75) is 37.8 Å². The molecule has 1 saturated heterocycles. The van der Waals surface area contributed by atoms with Gasteiger partial charge in [0.2, 0.25) is 5.95 Å². The van der Waals surface area contributed by atoms with E-state index in [9.17, 15) is 14.3 Å². The van der Waals surface area contributed by atoms with Crippen molar-refractivity contribution in [2.75, 3.05) is 18.9 Å². The Balaban J connectivity index is 1.38. The van der Waals surface area contributed by atoms with E-state index in [-0.39, 0.29) is 36.1 Å². The summed E-state index contributed by atoms with van der Waals surface area (Å²) in [7, 11) is 0. The summed E-state index contributed by atoms with van der Waals surface area (Å²) < 4.78 is 59.1. The Labute approximate surface area is 232 Å². The number of alkyl halides is 1. The normalized spacial score (nSPS) is 32.1. The Kier molecular flexibility index (Phi) is 7.22. The molecule has 4 N–H and O–H groups in total. The van der Waals surface area contributed by atoms with Crippen molar-refractivity contribution >= 4 is 65.8 Å². The standard InChI is InChI=1S/C17H19FN10O8P2S2/c18-10-8-4-33-37(30,39)32-2-1-27-9(22-7-3-20-6-21-13(7)27)5-34-38(31,40)36-12(10)16(35-8)28-14-11(25-26-28)15(29)24-17(19)23-14/h3,6,8,10,12,16H,1-2,4-5H2,(H,30,39)(H,31,40)(H3,19,23,24,29)/t8-,10+,12-,16+,37?,38?/m1/s1. The number of halogens is 1. The van der Waals surface area contributed by atoms with Crippen molar-refractivity contribution in [2.24, 2.45) is 0 Å². The number of hydrogen-bond acceptors (Lipinski definition) is 15. The van der Waals surface area contributed by atoms with Gasteiger partial charge in [0.25, 0.3) is 5.56 Å². The number of H-pyrrole nitrogens is 1. The summed E-state index contributed by atoms with van der Waals surface area (Å²) in [5.74, 6) is -0.0365. The van der Waals surface area contributed by atoms with Crippen molar-refractivity contribution in [3.8, 4) is 0 Å². The van der Waals surface area contributed by atoms with Crippen LogP contribution in [0.1, 0.15) is 12.1 Å². The van der Waals surface area contributed by atoms with Gasteiger partial charge in [-0.15, -0.1) is 5.10 Å². The molecule has 2 unspecified atom stereocenters. The van der Waals surface area contributed by atoms with E-state index >= 15 is 4.39 Å². The molecule has 40 heavy (non-hydrogen) atoms. The van der Waals surface area contributed by atoms with E-state index in [1.54, 1.807) is 4.57 Å². The minimum atomic E-state index is -4.33. The molecule has 2 aliphatic rings. The number of rotatable bonds is 1. The first-order valence-corrected chi connectivity index (χ1v) is 16.6. The first-order valence-electron chi connectivity index (χ1n) is 11.3. The van der Waals surface area contributed by atoms with Crippen LogP contribution in [0.15, 0.2) is 17.3 Å². The summed E-state index contributed by atoms with van der Waals surface area (Å²) in [4.78, 5) is 41.5. The second-order valence-corrected chi connectivity index (χ2v) is 14.2. The van der Waals surface area contributed by atoms with Gasteiger partial charge in [-0.05, 0) is 11.8 Å². The molecule has 0 aliphatic carbocycles. The van der Waals surface area contributed by atoms with Crippen LogP contribution in [0.3, 0.4) is 0 Å². The van der Waals surface area contributed by atoms with Crippen LogP contribution < -0.4 is 11.3 Å². The monoisotopic (exact) mass is 636 g/mol. The highest BCUT2D eigenvalue weighted by molar-refractivity contribution is 8.44. The number of nitrogen functional groups attached to an aromatic ring is 1. The maximum Gasteiger partial charge on any atom is 0.387 e. The summed E-state index contributed by atoms with van der Waals surface area (Å²) in [6.07, 6.45) is -3.91. The molecule has 23 heteroatoms. The van der Waals surface area contributed by atoms with E-state index in [0.29, 0.717) is 11.2 Å². The Morgan fingerprint density at radius 2 is 2.10 bits per heavy atom. The van der Waals surface area contributed by atoms with Crippen LogP contribution in [0.2, 0.25) is 0 Å². The summed E-state index contributed by atoms with van der Waals surface area (Å²) in [5, 5.41) is 7.59. The molecule has 214 valence electrons. The fourth-order valence-electron chi connectivity index (χ4n) is 4.21. The third kappa shape index (κ3) is 5.29. The number of nitrogens with two attached hydrogens (primary N) is 1. The zero-order chi connectivity index (χ0) is 28.2. The number of ether oxygens (including phenoxy) is 1. The van der Waals surface area contributed by atoms with E-state index < -0.39 is 56.9 Å². The molecule has 0 saturated carbocycles. The van der Waals surface area contributed by atoms with E-state index in [1.165, 1.54) is 12.5 Å². The van der Waals surface area contributed by atoms with E-state index in [4.69, 9.17) is 40.4 Å². The van der Waals surface area contributed by atoms with Crippen molar-refractivity contribution in [1.29, 1.82) is 0 Å². The zero-order valence-corrected chi connectivity index (χ0v) is 23.4. The second kappa shape index (κ2) is 10.4. The van der Waals surface area contributed by atoms with Crippen LogP contribution in [0.4, 0.5) is 10.3 Å². The molecule has 6 atom stereocenters. The topological polar surface area (TPSA) is 230 Å². The van der Waals surface area contributed by atoms with Gasteiger partial charge < -0.3 is 29.0 Å². The van der Waals surface area contributed by atoms with Crippen LogP contribution in [-0.2, 0) is 52.4 Å². The predicted octanol–water partition coefficient (Wildman–Crippen LogP) is 0.375. The highest BCUT2D eigenvalue weighted by Crippen LogP contribution is 2.57. The smallest absolute Gasteiger partial charge is 0.369 e. The predicted molar refractivity (Wildman–Crippen MR) is 139 cm³/mol. The van der Waals surface area contributed by atoms with E-state index in [0.717, 1.165) is 4.68 Å². The number of thiol groups is 1. The Bertz CT molecular complexity index is 1750. The Morgan fingerprint density at radius 1 is 1.27 bits per heavy atom. The lowest BCUT2D eigenvalue weighted by atomic mass is 10.1. The molecule has 6 rings (SSSR count). The van der Waals surface area contributed by atoms with E-state index in [2.05, 4.69) is 47.5 Å². The fourth-order valence-corrected chi connectivity index (χ4v) is 6.71. The Morgan fingerprint density at radius 3 is 2.92 bits per heavy atom. The highest BCUT2D eigenvalue weighted by Gasteiger charge is 2.51. The van der Waals surface area contributed by atoms with Gasteiger partial charge in [0.1, 0.15) is 36.5 Å². The molecular weight excluding hydrogens is 617 g/mol. The second-order valence-electron chi connectivity index (χ2n) is 8.49. The minimum absolute atomic E-state index is 0.0945. The van der Waals surface area contributed by atoms with Crippen molar-refractivity contribution in [3.05, 3.63) is 28.7 Å². The number of aromatic nitrogens is 9. The lowest BCUT2D eigenvalue weighted by molar-refractivity contribution is -0.0520. The number of anilines is 1. The van der Waals surface area contributed by atoms with Gasteiger partial charge >= 0.3 is 13.5 Å². The van der Waals surface area contributed by atoms with Crippen LogP contribution in [0, 0.1) is 0 Å². The number of nitrogens with one attached hydrogen (secondary N) is 1. The molecule has 6 heterocycles. The lowest BCUT2D eigenvalue weighted by Crippen LogP contribution is -2.32. The third-order valence-corrected chi connectivity index (χ3v) is 9.14. The molecular formula is C17H19FN10O8P2S2. The van der Waals surface area contributed by atoms with Crippen LogP contribution in [0.25, 0.3) is 22.3 Å². The van der Waals surface area contributed by atoms with Crippen LogP contribution in [0.5, 0.6) is 0 Å². The van der Waals surface area contributed by atoms with Crippen molar-refractivity contribution < 1.29 is 36.7 Å². The van der Waals surface area contributed by atoms with Crippen molar-refractivity contribution in [1.82, 2.24) is 44.5 Å². The van der Waals surface area contributed by atoms with Gasteiger partial charge in [-0.3, -0.25) is 18.8 Å². The summed E-state index contributed by atoms with van der Waals surface area (Å²) >= 11 is 9.10. The average molecular weight is 636 g/mol. The summed E-state index contributed by atoms with van der Waals surface area (Å²) in [6.45, 7) is -9.24. The maximum absolute atomic E-state index is 15.8. The lowest BCUT2D eigenvalue weighted by Gasteiger charge is -2.23. The summed E-state index contributed by atoms with van der Waals surface area (Å²) in [5.41, 5.74) is 5.36. The number of fused-ring (bicyclic) bond motifs is 6. The number of nitrogens with zero attached hydrogens (tertiary/aromatic N) is 8. The zero-order valence-electron chi connectivity index (χ0n) is 19.9. The highest BCUT2D eigenvalue weighted by atomic mass is 32.7. The molecule has 2 bridgehead atoms. The largest absolute Gasteiger partial charge is 0.387 e. The fraction of sp³-hybridized carbons (Fsp3) is 0.471. The van der Waals surface area contributed by atoms with Gasteiger partial charge in [0, 0.05) is 6.54 Å². The molecule has 4 aromatic rings. The number of aromatic amines is 1. The SMILES string of the molecule is Nc1nc2c(nnn2[C@H]2O[C@@H]3COP(O)(=S)OCCn4c(nc5cncnc54)COP(=O)(S)O[C@@H]2[C@H]3F)c(=O)[nH]1. The van der Waals surface area contributed by atoms with Crippen molar-refractivity contribution in [3.63, 3.8) is 0 Å². The molecule has 0 amide bonds. The van der Waals surface area contributed by atoms with Crippen LogP contribution in [-0.4, -0.2) is 81.0 Å². The Hall–Kier alpha value is -2.45. The molecule has 0 aromatic carbocycles. The molecule has 1 fully saturated rings. The van der Waals surface area contributed by atoms with Crippen LogP contribution >= 0.6 is 25.8 Å². The number of imidazole rings is 1. The molecule has 0 radical (unpaired) electrons. The first-order chi connectivity index (χ1) is 19.0. The van der Waals surface area contributed by atoms with Gasteiger partial charge in [-0.2, -0.15) is 9.67 Å².